The number of amides is 2. The smallest absolute Gasteiger partial charge is 0.317 e. The number of likely N-dealkylation sites (tertiary alicyclic amines) is 1. The molecule has 0 aliphatic carbocycles. The molecule has 1 saturated heterocycles. The first-order valence-corrected chi connectivity index (χ1v) is 7.31. The number of urea groups is 1. The van der Waals surface area contributed by atoms with Crippen molar-refractivity contribution >= 4 is 12.0 Å². The van der Waals surface area contributed by atoms with Gasteiger partial charge >= 0.3 is 12.0 Å². The van der Waals surface area contributed by atoms with Crippen molar-refractivity contribution in [1.29, 1.82) is 0 Å². The summed E-state index contributed by atoms with van der Waals surface area (Å²) in [5, 5.41) is 11.6. The highest BCUT2D eigenvalue weighted by molar-refractivity contribution is 5.74. The normalized spacial score (nSPS) is 16.4. The summed E-state index contributed by atoms with van der Waals surface area (Å²) in [6, 6.07) is -0.0769. The van der Waals surface area contributed by atoms with Crippen molar-refractivity contribution in [1.82, 2.24) is 10.2 Å². The van der Waals surface area contributed by atoms with Crippen LogP contribution in [-0.2, 0) is 9.53 Å². The van der Waals surface area contributed by atoms with Crippen LogP contribution in [0, 0.1) is 11.8 Å². The molecule has 6 heteroatoms. The van der Waals surface area contributed by atoms with Crippen LogP contribution in [-0.4, -0.2) is 54.9 Å². The Bertz CT molecular complexity index is 312. The van der Waals surface area contributed by atoms with Gasteiger partial charge in [-0.3, -0.25) is 4.79 Å². The summed E-state index contributed by atoms with van der Waals surface area (Å²) in [4.78, 5) is 24.2. The number of nitrogens with zero attached hydrogens (tertiary/aromatic N) is 1. The molecule has 0 aromatic carbocycles. The van der Waals surface area contributed by atoms with Gasteiger partial charge < -0.3 is 20.1 Å². The molecule has 0 bridgehead atoms. The van der Waals surface area contributed by atoms with Crippen LogP contribution in [0.3, 0.4) is 0 Å². The molecule has 0 aromatic heterocycles. The first-order valence-electron chi connectivity index (χ1n) is 7.31. The van der Waals surface area contributed by atoms with Crippen LogP contribution in [0.5, 0.6) is 0 Å². The third-order valence-electron chi connectivity index (χ3n) is 3.34. The van der Waals surface area contributed by atoms with E-state index in [4.69, 9.17) is 9.84 Å². The van der Waals surface area contributed by atoms with Gasteiger partial charge in [0.1, 0.15) is 0 Å². The molecule has 116 valence electrons. The van der Waals surface area contributed by atoms with Crippen LogP contribution >= 0.6 is 0 Å². The average Bonchev–Trinajstić information content (AvgIpc) is 2.38. The molecular weight excluding hydrogens is 260 g/mol. The monoisotopic (exact) mass is 286 g/mol. The Labute approximate surface area is 120 Å². The van der Waals surface area contributed by atoms with Crippen LogP contribution in [0.15, 0.2) is 0 Å². The van der Waals surface area contributed by atoms with Gasteiger partial charge in [0.15, 0.2) is 0 Å². The highest BCUT2D eigenvalue weighted by atomic mass is 16.5. The predicted octanol–water partition coefficient (Wildman–Crippen LogP) is 1.56. The van der Waals surface area contributed by atoms with E-state index in [1.165, 1.54) is 0 Å². The predicted molar refractivity (Wildman–Crippen MR) is 75.6 cm³/mol. The third kappa shape index (κ3) is 6.75. The van der Waals surface area contributed by atoms with E-state index in [0.29, 0.717) is 38.8 Å². The quantitative estimate of drug-likeness (QED) is 0.696. The lowest BCUT2D eigenvalue weighted by molar-refractivity contribution is -0.138. The Balaban J connectivity index is 2.11. The van der Waals surface area contributed by atoms with Crippen molar-refractivity contribution in [3.05, 3.63) is 0 Å². The molecule has 1 aliphatic heterocycles. The molecule has 1 heterocycles. The summed E-state index contributed by atoms with van der Waals surface area (Å²) in [5.74, 6) is -0.0555. The van der Waals surface area contributed by atoms with Gasteiger partial charge in [0, 0.05) is 32.7 Å². The van der Waals surface area contributed by atoms with E-state index in [-0.39, 0.29) is 18.4 Å². The maximum absolute atomic E-state index is 11.9. The van der Waals surface area contributed by atoms with Gasteiger partial charge in [0.2, 0.25) is 0 Å². The highest BCUT2D eigenvalue weighted by Gasteiger charge is 2.23. The number of rotatable bonds is 7. The van der Waals surface area contributed by atoms with Crippen LogP contribution in [0.4, 0.5) is 4.79 Å². The van der Waals surface area contributed by atoms with Crippen LogP contribution in [0.1, 0.15) is 33.1 Å². The summed E-state index contributed by atoms with van der Waals surface area (Å²) in [6.45, 7) is 7.18. The Hall–Kier alpha value is -1.30. The number of carbonyl (C=O) groups excluding carboxylic acids is 1. The van der Waals surface area contributed by atoms with Crippen molar-refractivity contribution in [3.8, 4) is 0 Å². The summed E-state index contributed by atoms with van der Waals surface area (Å²) in [6.07, 6.45) is 1.74. The van der Waals surface area contributed by atoms with Crippen LogP contribution in [0.25, 0.3) is 0 Å². The minimum absolute atomic E-state index is 0.0769. The van der Waals surface area contributed by atoms with E-state index in [9.17, 15) is 9.59 Å². The number of carbonyl (C=O) groups is 2. The molecule has 0 radical (unpaired) electrons. The maximum atomic E-state index is 11.9. The second-order valence-electron chi connectivity index (χ2n) is 5.73. The van der Waals surface area contributed by atoms with Crippen molar-refractivity contribution < 1.29 is 19.4 Å². The molecule has 20 heavy (non-hydrogen) atoms. The number of carboxylic acids is 1. The van der Waals surface area contributed by atoms with E-state index in [0.717, 1.165) is 12.8 Å². The second kappa shape index (κ2) is 8.79. The topological polar surface area (TPSA) is 78.9 Å². The number of hydrogen-bond acceptors (Lipinski definition) is 3. The zero-order valence-electron chi connectivity index (χ0n) is 12.4. The summed E-state index contributed by atoms with van der Waals surface area (Å²) in [5.41, 5.74) is 0. The fourth-order valence-corrected chi connectivity index (χ4v) is 2.25. The van der Waals surface area contributed by atoms with E-state index in [2.05, 4.69) is 19.2 Å². The Kier molecular flexibility index (Phi) is 7.36. The lowest BCUT2D eigenvalue weighted by Crippen LogP contribution is -2.45. The fraction of sp³-hybridized carbons (Fsp3) is 0.857. The Morgan fingerprint density at radius 3 is 2.55 bits per heavy atom. The number of nitrogens with one attached hydrogen (secondary N) is 1. The Morgan fingerprint density at radius 2 is 2.00 bits per heavy atom. The average molecular weight is 286 g/mol. The fourth-order valence-electron chi connectivity index (χ4n) is 2.25. The molecule has 2 N–H and O–H groups in total. The lowest BCUT2D eigenvalue weighted by atomic mass is 9.94. The largest absolute Gasteiger partial charge is 0.481 e. The van der Waals surface area contributed by atoms with Crippen molar-refractivity contribution in [2.75, 3.05) is 32.8 Å². The van der Waals surface area contributed by atoms with Crippen molar-refractivity contribution in [2.24, 2.45) is 11.8 Å². The van der Waals surface area contributed by atoms with E-state index in [1.54, 1.807) is 4.90 Å². The van der Waals surface area contributed by atoms with Gasteiger partial charge in [-0.2, -0.15) is 0 Å². The van der Waals surface area contributed by atoms with Gasteiger partial charge in [-0.05, 0) is 24.7 Å². The van der Waals surface area contributed by atoms with Crippen molar-refractivity contribution in [3.63, 3.8) is 0 Å². The molecule has 1 rings (SSSR count). The first-order chi connectivity index (χ1) is 9.49. The minimum atomic E-state index is -0.754. The number of ether oxygens (including phenoxy) is 1. The molecule has 0 saturated carbocycles. The summed E-state index contributed by atoms with van der Waals surface area (Å²) < 4.78 is 5.40. The van der Waals surface area contributed by atoms with Gasteiger partial charge in [-0.1, -0.05) is 13.8 Å². The lowest BCUT2D eigenvalue weighted by Gasteiger charge is -2.31. The first kappa shape index (κ1) is 16.8. The number of aliphatic carboxylic acids is 1. The number of piperidine rings is 1. The minimum Gasteiger partial charge on any atom is -0.481 e. The molecule has 1 aliphatic rings. The SMILES string of the molecule is CC(C)COCCNC(=O)N1CCC(CC(=O)O)CC1. The van der Waals surface area contributed by atoms with Crippen LogP contribution in [0.2, 0.25) is 0 Å². The molecule has 0 aromatic rings. The highest BCUT2D eigenvalue weighted by Crippen LogP contribution is 2.20. The second-order valence-corrected chi connectivity index (χ2v) is 5.73. The van der Waals surface area contributed by atoms with E-state index >= 15 is 0 Å². The zero-order chi connectivity index (χ0) is 15.0. The zero-order valence-corrected chi connectivity index (χ0v) is 12.4. The number of hydrogen-bond donors (Lipinski definition) is 2. The molecule has 0 unspecified atom stereocenters. The molecule has 1 fully saturated rings. The van der Waals surface area contributed by atoms with Crippen LogP contribution < -0.4 is 5.32 Å². The molecule has 0 atom stereocenters. The van der Waals surface area contributed by atoms with Gasteiger partial charge in [0.05, 0.1) is 6.61 Å². The van der Waals surface area contributed by atoms with E-state index < -0.39 is 5.97 Å². The summed E-state index contributed by atoms with van der Waals surface area (Å²) in [7, 11) is 0. The maximum Gasteiger partial charge on any atom is 0.317 e. The molecule has 6 nitrogen and oxygen atoms in total. The molecule has 2 amide bonds. The van der Waals surface area contributed by atoms with Crippen molar-refractivity contribution in [2.45, 2.75) is 33.1 Å². The Morgan fingerprint density at radius 1 is 1.35 bits per heavy atom. The van der Waals surface area contributed by atoms with Gasteiger partial charge in [-0.25, -0.2) is 4.79 Å². The standard InChI is InChI=1S/C14H26N2O4/c1-11(2)10-20-8-5-15-14(19)16-6-3-12(4-7-16)9-13(17)18/h11-12H,3-10H2,1-2H3,(H,15,19)(H,17,18). The summed E-state index contributed by atoms with van der Waals surface area (Å²) >= 11 is 0. The molecular formula is C14H26N2O4. The van der Waals surface area contributed by atoms with Gasteiger partial charge in [0.25, 0.3) is 0 Å². The van der Waals surface area contributed by atoms with E-state index in [1.807, 2.05) is 0 Å². The molecule has 0 spiro atoms. The van der Waals surface area contributed by atoms with Gasteiger partial charge in [-0.15, -0.1) is 0 Å². The number of carboxylic acid groups (broad SMARTS) is 1. The third-order valence-corrected chi connectivity index (χ3v) is 3.34.